The van der Waals surface area contributed by atoms with Crippen LogP contribution in [0.2, 0.25) is 0 Å². The summed E-state index contributed by atoms with van der Waals surface area (Å²) in [7, 11) is 0. The highest BCUT2D eigenvalue weighted by Crippen LogP contribution is 2.31. The largest absolute Gasteiger partial charge is 0.486 e. The lowest BCUT2D eigenvalue weighted by Crippen LogP contribution is -2.34. The highest BCUT2D eigenvalue weighted by molar-refractivity contribution is 5.94. The first-order valence-corrected chi connectivity index (χ1v) is 8.41. The Kier molecular flexibility index (Phi) is 4.51. The molecule has 0 bridgehead atoms. The second-order valence-corrected chi connectivity index (χ2v) is 5.96. The second kappa shape index (κ2) is 7.26. The molecule has 7 heteroatoms. The number of fused-ring (bicyclic) bond motifs is 1. The van der Waals surface area contributed by atoms with Crippen LogP contribution >= 0.6 is 0 Å². The summed E-state index contributed by atoms with van der Waals surface area (Å²) in [4.78, 5) is 12.4. The summed E-state index contributed by atoms with van der Waals surface area (Å²) in [5, 5.41) is 10.5. The molecule has 0 saturated heterocycles. The molecule has 0 unspecified atom stereocenters. The molecule has 0 aliphatic carbocycles. The number of aromatic nitrogens is 3. The summed E-state index contributed by atoms with van der Waals surface area (Å²) >= 11 is 0. The van der Waals surface area contributed by atoms with Crippen LogP contribution in [0.5, 0.6) is 11.5 Å². The molecule has 0 saturated carbocycles. The zero-order chi connectivity index (χ0) is 17.8. The molecule has 7 nitrogen and oxygen atoms in total. The van der Waals surface area contributed by atoms with E-state index in [0.29, 0.717) is 25.1 Å². The molecule has 0 radical (unpaired) electrons. The Hall–Kier alpha value is -3.35. The van der Waals surface area contributed by atoms with Crippen molar-refractivity contribution in [1.82, 2.24) is 20.1 Å². The third-order valence-corrected chi connectivity index (χ3v) is 4.14. The van der Waals surface area contributed by atoms with Crippen molar-refractivity contribution in [3.63, 3.8) is 0 Å². The smallest absolute Gasteiger partial charge is 0.251 e. The van der Waals surface area contributed by atoms with Crippen molar-refractivity contribution < 1.29 is 14.3 Å². The van der Waals surface area contributed by atoms with Crippen LogP contribution in [-0.2, 0) is 0 Å². The van der Waals surface area contributed by atoms with Crippen molar-refractivity contribution in [2.24, 2.45) is 0 Å². The highest BCUT2D eigenvalue weighted by Gasteiger charge is 2.20. The van der Waals surface area contributed by atoms with E-state index in [1.807, 2.05) is 36.4 Å². The molecule has 2 heterocycles. The predicted octanol–water partition coefficient (Wildman–Crippen LogP) is 2.23. The van der Waals surface area contributed by atoms with E-state index in [0.717, 1.165) is 17.2 Å². The summed E-state index contributed by atoms with van der Waals surface area (Å²) in [6.45, 7) is 0.988. The Morgan fingerprint density at radius 1 is 1.12 bits per heavy atom. The first kappa shape index (κ1) is 16.1. The van der Waals surface area contributed by atoms with Crippen LogP contribution in [0.1, 0.15) is 16.8 Å². The van der Waals surface area contributed by atoms with Crippen molar-refractivity contribution in [2.45, 2.75) is 12.5 Å². The van der Waals surface area contributed by atoms with Crippen molar-refractivity contribution >= 4 is 5.91 Å². The fourth-order valence-electron chi connectivity index (χ4n) is 2.80. The van der Waals surface area contributed by atoms with E-state index in [2.05, 4.69) is 15.5 Å². The van der Waals surface area contributed by atoms with E-state index < -0.39 is 0 Å². The van der Waals surface area contributed by atoms with E-state index >= 15 is 0 Å². The molecule has 26 heavy (non-hydrogen) atoms. The number of benzene rings is 2. The van der Waals surface area contributed by atoms with Crippen molar-refractivity contribution in [1.29, 1.82) is 0 Å². The van der Waals surface area contributed by atoms with E-state index in [1.165, 1.54) is 0 Å². The number of amides is 1. The summed E-state index contributed by atoms with van der Waals surface area (Å²) in [6.07, 6.45) is 3.78. The van der Waals surface area contributed by atoms with E-state index in [-0.39, 0.29) is 12.0 Å². The van der Waals surface area contributed by atoms with Crippen molar-refractivity contribution in [2.75, 3.05) is 13.2 Å². The molecular weight excluding hydrogens is 332 g/mol. The number of carbonyl (C=O) groups excluding carboxylic acids is 1. The second-order valence-electron chi connectivity index (χ2n) is 5.96. The third-order valence-electron chi connectivity index (χ3n) is 4.14. The third kappa shape index (κ3) is 3.51. The van der Waals surface area contributed by atoms with Crippen LogP contribution in [0.3, 0.4) is 0 Å². The molecule has 3 aromatic rings. The normalized spacial score (nSPS) is 15.5. The Morgan fingerprint density at radius 2 is 1.92 bits per heavy atom. The summed E-state index contributed by atoms with van der Waals surface area (Å²) in [5.74, 6) is 1.38. The Morgan fingerprint density at radius 3 is 2.77 bits per heavy atom. The van der Waals surface area contributed by atoms with Gasteiger partial charge in [-0.05, 0) is 30.3 Å². The van der Waals surface area contributed by atoms with Gasteiger partial charge in [-0.1, -0.05) is 18.2 Å². The van der Waals surface area contributed by atoms with E-state index in [1.54, 1.807) is 29.4 Å². The molecule has 0 spiro atoms. The standard InChI is InChI=1S/C19H18N4O3/c24-19(14-4-3-5-15(10-14)23-12-21-22-13-23)20-9-8-16-11-25-17-6-1-2-7-18(17)26-16/h1-7,10,12-13,16H,8-9,11H2,(H,20,24)/t16-/m0/s1. The van der Waals surface area contributed by atoms with Crippen LogP contribution in [0.25, 0.3) is 5.69 Å². The fourth-order valence-corrected chi connectivity index (χ4v) is 2.80. The maximum Gasteiger partial charge on any atom is 0.251 e. The highest BCUT2D eigenvalue weighted by atomic mass is 16.6. The molecule has 4 rings (SSSR count). The SMILES string of the molecule is O=C(NCC[C@H]1COc2ccccc2O1)c1cccc(-n2cnnc2)c1. The fraction of sp³-hybridized carbons (Fsp3) is 0.211. The van der Waals surface area contributed by atoms with Gasteiger partial charge in [0, 0.05) is 24.2 Å². The lowest BCUT2D eigenvalue weighted by atomic mass is 10.1. The minimum Gasteiger partial charge on any atom is -0.486 e. The number of ether oxygens (including phenoxy) is 2. The average Bonchev–Trinajstić information content (AvgIpc) is 3.23. The number of carbonyl (C=O) groups is 1. The molecule has 2 aromatic carbocycles. The molecular formula is C19H18N4O3. The van der Waals surface area contributed by atoms with Gasteiger partial charge in [0.2, 0.25) is 0 Å². The number of hydrogen-bond donors (Lipinski definition) is 1. The maximum absolute atomic E-state index is 12.4. The van der Waals surface area contributed by atoms with Crippen molar-refractivity contribution in [3.8, 4) is 17.2 Å². The molecule has 1 amide bonds. The topological polar surface area (TPSA) is 78.3 Å². The molecule has 1 atom stereocenters. The van der Waals surface area contributed by atoms with Gasteiger partial charge in [0.05, 0.1) is 0 Å². The van der Waals surface area contributed by atoms with Crippen LogP contribution in [0.15, 0.2) is 61.2 Å². The van der Waals surface area contributed by atoms with Crippen LogP contribution in [-0.4, -0.2) is 39.9 Å². The Balaban J connectivity index is 1.32. The lowest BCUT2D eigenvalue weighted by molar-refractivity contribution is 0.0813. The Bertz CT molecular complexity index is 895. The van der Waals surface area contributed by atoms with Gasteiger partial charge in [0.15, 0.2) is 11.5 Å². The van der Waals surface area contributed by atoms with Crippen molar-refractivity contribution in [3.05, 3.63) is 66.7 Å². The molecule has 1 N–H and O–H groups in total. The van der Waals surface area contributed by atoms with Crippen LogP contribution < -0.4 is 14.8 Å². The summed E-state index contributed by atoms with van der Waals surface area (Å²) in [5.41, 5.74) is 1.42. The zero-order valence-corrected chi connectivity index (χ0v) is 14.0. The molecule has 0 fully saturated rings. The van der Waals surface area contributed by atoms with Gasteiger partial charge in [-0.3, -0.25) is 9.36 Å². The maximum atomic E-state index is 12.4. The van der Waals surface area contributed by atoms with Gasteiger partial charge < -0.3 is 14.8 Å². The monoisotopic (exact) mass is 350 g/mol. The minimum absolute atomic E-state index is 0.0754. The van der Waals surface area contributed by atoms with Gasteiger partial charge in [-0.25, -0.2) is 0 Å². The Labute approximate surface area is 150 Å². The number of para-hydroxylation sites is 2. The van der Waals surface area contributed by atoms with Gasteiger partial charge in [0.25, 0.3) is 5.91 Å². The van der Waals surface area contributed by atoms with E-state index in [9.17, 15) is 4.79 Å². The molecule has 1 aliphatic heterocycles. The van der Waals surface area contributed by atoms with E-state index in [4.69, 9.17) is 9.47 Å². The number of rotatable bonds is 5. The lowest BCUT2D eigenvalue weighted by Gasteiger charge is -2.26. The van der Waals surface area contributed by atoms with Gasteiger partial charge in [-0.2, -0.15) is 0 Å². The number of nitrogens with one attached hydrogen (secondary N) is 1. The molecule has 1 aromatic heterocycles. The van der Waals surface area contributed by atoms with Crippen LogP contribution in [0.4, 0.5) is 0 Å². The first-order chi connectivity index (χ1) is 12.8. The van der Waals surface area contributed by atoms with Gasteiger partial charge in [-0.15, -0.1) is 10.2 Å². The quantitative estimate of drug-likeness (QED) is 0.763. The average molecular weight is 350 g/mol. The molecule has 1 aliphatic rings. The summed E-state index contributed by atoms with van der Waals surface area (Å²) in [6, 6.07) is 14.9. The minimum atomic E-state index is -0.128. The van der Waals surface area contributed by atoms with Gasteiger partial charge >= 0.3 is 0 Å². The van der Waals surface area contributed by atoms with Crippen LogP contribution in [0, 0.1) is 0 Å². The van der Waals surface area contributed by atoms with Gasteiger partial charge in [0.1, 0.15) is 25.4 Å². The zero-order valence-electron chi connectivity index (χ0n) is 14.0. The predicted molar refractivity (Wildman–Crippen MR) is 94.7 cm³/mol. The summed E-state index contributed by atoms with van der Waals surface area (Å²) < 4.78 is 13.3. The molecule has 132 valence electrons. The number of hydrogen-bond acceptors (Lipinski definition) is 5. The number of nitrogens with zero attached hydrogens (tertiary/aromatic N) is 3. The first-order valence-electron chi connectivity index (χ1n) is 8.41.